The highest BCUT2D eigenvalue weighted by molar-refractivity contribution is 6.03. The summed E-state index contributed by atoms with van der Waals surface area (Å²) in [6, 6.07) is 12.2. The molecule has 1 aliphatic heterocycles. The van der Waals surface area contributed by atoms with E-state index in [1.807, 2.05) is 25.1 Å². The van der Waals surface area contributed by atoms with Crippen LogP contribution in [0.5, 0.6) is 0 Å². The van der Waals surface area contributed by atoms with Crippen molar-refractivity contribution < 1.29 is 9.18 Å². The predicted molar refractivity (Wildman–Crippen MR) is 68.9 cm³/mol. The third-order valence-electron chi connectivity index (χ3n) is 3.35. The number of anilines is 1. The molecular formula is C15H12FNO. The summed E-state index contributed by atoms with van der Waals surface area (Å²) in [5.74, 6) is -0.341. The van der Waals surface area contributed by atoms with Gasteiger partial charge in [-0.2, -0.15) is 0 Å². The van der Waals surface area contributed by atoms with Crippen LogP contribution in [0.15, 0.2) is 42.5 Å². The molecule has 2 aromatic carbocycles. The van der Waals surface area contributed by atoms with Gasteiger partial charge in [0.25, 0.3) is 0 Å². The summed E-state index contributed by atoms with van der Waals surface area (Å²) in [7, 11) is 0. The molecule has 2 aromatic rings. The normalized spacial score (nSPS) is 17.4. The van der Waals surface area contributed by atoms with Crippen LogP contribution in [-0.2, 0) is 4.79 Å². The summed E-state index contributed by atoms with van der Waals surface area (Å²) in [4.78, 5) is 11.6. The molecular weight excluding hydrogens is 229 g/mol. The zero-order valence-corrected chi connectivity index (χ0v) is 9.91. The molecule has 0 fully saturated rings. The van der Waals surface area contributed by atoms with Gasteiger partial charge < -0.3 is 5.32 Å². The van der Waals surface area contributed by atoms with Gasteiger partial charge in [0.2, 0.25) is 5.91 Å². The van der Waals surface area contributed by atoms with Gasteiger partial charge in [0, 0.05) is 5.69 Å². The largest absolute Gasteiger partial charge is 0.325 e. The van der Waals surface area contributed by atoms with Crippen molar-refractivity contribution in [2.75, 3.05) is 5.32 Å². The number of fused-ring (bicyclic) bond motifs is 1. The second kappa shape index (κ2) is 3.95. The molecule has 1 heterocycles. The molecule has 90 valence electrons. The Morgan fingerprint density at radius 3 is 2.44 bits per heavy atom. The van der Waals surface area contributed by atoms with Gasteiger partial charge >= 0.3 is 0 Å². The highest BCUT2D eigenvalue weighted by atomic mass is 19.1. The Morgan fingerprint density at radius 1 is 1.06 bits per heavy atom. The SMILES string of the molecule is CC1C(=O)Nc2ccc(-c3ccc(F)cc3)cc21. The van der Waals surface area contributed by atoms with Crippen molar-refractivity contribution >= 4 is 11.6 Å². The molecule has 0 saturated heterocycles. The highest BCUT2D eigenvalue weighted by Gasteiger charge is 2.26. The van der Waals surface area contributed by atoms with E-state index in [1.54, 1.807) is 12.1 Å². The maximum absolute atomic E-state index is 12.9. The van der Waals surface area contributed by atoms with Gasteiger partial charge in [0.15, 0.2) is 0 Å². The summed E-state index contributed by atoms with van der Waals surface area (Å²) in [6.45, 7) is 1.88. The fourth-order valence-corrected chi connectivity index (χ4v) is 2.24. The third-order valence-corrected chi connectivity index (χ3v) is 3.35. The first-order valence-corrected chi connectivity index (χ1v) is 5.86. The fourth-order valence-electron chi connectivity index (χ4n) is 2.24. The zero-order valence-electron chi connectivity index (χ0n) is 9.91. The van der Waals surface area contributed by atoms with Crippen LogP contribution in [0.2, 0.25) is 0 Å². The first-order valence-electron chi connectivity index (χ1n) is 5.86. The number of hydrogen-bond acceptors (Lipinski definition) is 1. The van der Waals surface area contributed by atoms with Gasteiger partial charge in [0.1, 0.15) is 5.82 Å². The molecule has 0 spiro atoms. The minimum Gasteiger partial charge on any atom is -0.325 e. The van der Waals surface area contributed by atoms with E-state index in [0.29, 0.717) is 0 Å². The summed E-state index contributed by atoms with van der Waals surface area (Å²) < 4.78 is 12.9. The van der Waals surface area contributed by atoms with E-state index in [0.717, 1.165) is 22.4 Å². The average molecular weight is 241 g/mol. The van der Waals surface area contributed by atoms with Gasteiger partial charge in [-0.05, 0) is 47.9 Å². The van der Waals surface area contributed by atoms with Gasteiger partial charge in [-0.3, -0.25) is 4.79 Å². The molecule has 3 heteroatoms. The van der Waals surface area contributed by atoms with Gasteiger partial charge in [-0.1, -0.05) is 18.2 Å². The number of hydrogen-bond donors (Lipinski definition) is 1. The Hall–Kier alpha value is -2.16. The van der Waals surface area contributed by atoms with Crippen molar-refractivity contribution in [1.29, 1.82) is 0 Å². The van der Waals surface area contributed by atoms with Crippen molar-refractivity contribution in [2.45, 2.75) is 12.8 Å². The Bertz CT molecular complexity index is 619. The third kappa shape index (κ3) is 1.68. The van der Waals surface area contributed by atoms with Crippen LogP contribution in [0.3, 0.4) is 0 Å². The van der Waals surface area contributed by atoms with Crippen LogP contribution in [0.1, 0.15) is 18.4 Å². The van der Waals surface area contributed by atoms with Crippen molar-refractivity contribution in [3.05, 3.63) is 53.8 Å². The lowest BCUT2D eigenvalue weighted by atomic mass is 9.97. The van der Waals surface area contributed by atoms with Crippen LogP contribution in [0.4, 0.5) is 10.1 Å². The minimum atomic E-state index is -0.245. The summed E-state index contributed by atoms with van der Waals surface area (Å²) in [6.07, 6.45) is 0. The van der Waals surface area contributed by atoms with E-state index in [1.165, 1.54) is 12.1 Å². The fraction of sp³-hybridized carbons (Fsp3) is 0.133. The standard InChI is InChI=1S/C15H12FNO/c1-9-13-8-11(4-7-14(13)17-15(9)18)10-2-5-12(16)6-3-10/h2-9H,1H3,(H,17,18). The average Bonchev–Trinajstić information content (AvgIpc) is 2.66. The molecule has 18 heavy (non-hydrogen) atoms. The van der Waals surface area contributed by atoms with E-state index in [4.69, 9.17) is 0 Å². The zero-order chi connectivity index (χ0) is 12.7. The smallest absolute Gasteiger partial charge is 0.231 e. The molecule has 1 aliphatic rings. The molecule has 1 amide bonds. The molecule has 1 atom stereocenters. The number of rotatable bonds is 1. The number of nitrogens with one attached hydrogen (secondary N) is 1. The van der Waals surface area contributed by atoms with Crippen molar-refractivity contribution in [3.8, 4) is 11.1 Å². The Labute approximate surface area is 104 Å². The van der Waals surface area contributed by atoms with Gasteiger partial charge in [-0.15, -0.1) is 0 Å². The predicted octanol–water partition coefficient (Wildman–Crippen LogP) is 3.55. The Morgan fingerprint density at radius 2 is 1.72 bits per heavy atom. The topological polar surface area (TPSA) is 29.1 Å². The Kier molecular flexibility index (Phi) is 2.40. The maximum Gasteiger partial charge on any atom is 0.231 e. The highest BCUT2D eigenvalue weighted by Crippen LogP contribution is 2.35. The lowest BCUT2D eigenvalue weighted by molar-refractivity contribution is -0.116. The van der Waals surface area contributed by atoms with Gasteiger partial charge in [-0.25, -0.2) is 4.39 Å². The van der Waals surface area contributed by atoms with Gasteiger partial charge in [0.05, 0.1) is 5.92 Å². The molecule has 0 bridgehead atoms. The first-order chi connectivity index (χ1) is 8.65. The molecule has 0 aliphatic carbocycles. The summed E-state index contributed by atoms with van der Waals surface area (Å²) in [5, 5.41) is 2.84. The van der Waals surface area contributed by atoms with Crippen LogP contribution in [-0.4, -0.2) is 5.91 Å². The second-order valence-corrected chi connectivity index (χ2v) is 4.52. The molecule has 1 unspecified atom stereocenters. The molecule has 3 rings (SSSR count). The van der Waals surface area contributed by atoms with E-state index >= 15 is 0 Å². The number of halogens is 1. The second-order valence-electron chi connectivity index (χ2n) is 4.52. The Balaban J connectivity index is 2.06. The molecule has 1 N–H and O–H groups in total. The van der Waals surface area contributed by atoms with Crippen LogP contribution < -0.4 is 5.32 Å². The quantitative estimate of drug-likeness (QED) is 0.812. The van der Waals surface area contributed by atoms with Crippen molar-refractivity contribution in [3.63, 3.8) is 0 Å². The number of carbonyl (C=O) groups excluding carboxylic acids is 1. The van der Waals surface area contributed by atoms with Crippen LogP contribution in [0.25, 0.3) is 11.1 Å². The minimum absolute atomic E-state index is 0.0289. The van der Waals surface area contributed by atoms with Crippen LogP contribution >= 0.6 is 0 Å². The van der Waals surface area contributed by atoms with E-state index in [-0.39, 0.29) is 17.6 Å². The first kappa shape index (κ1) is 11.0. The maximum atomic E-state index is 12.9. The lowest BCUT2D eigenvalue weighted by Gasteiger charge is -2.06. The van der Waals surface area contributed by atoms with Crippen LogP contribution in [0, 0.1) is 5.82 Å². The van der Waals surface area contributed by atoms with Crippen molar-refractivity contribution in [1.82, 2.24) is 0 Å². The molecule has 0 radical (unpaired) electrons. The lowest BCUT2D eigenvalue weighted by Crippen LogP contribution is -2.08. The van der Waals surface area contributed by atoms with Crippen molar-refractivity contribution in [2.24, 2.45) is 0 Å². The van der Waals surface area contributed by atoms with E-state index < -0.39 is 0 Å². The van der Waals surface area contributed by atoms with E-state index in [2.05, 4.69) is 5.32 Å². The molecule has 0 saturated carbocycles. The number of benzene rings is 2. The summed E-state index contributed by atoms with van der Waals surface area (Å²) >= 11 is 0. The molecule has 0 aromatic heterocycles. The number of amides is 1. The van der Waals surface area contributed by atoms with E-state index in [9.17, 15) is 9.18 Å². The molecule has 2 nitrogen and oxygen atoms in total. The number of carbonyl (C=O) groups is 1. The summed E-state index contributed by atoms with van der Waals surface area (Å²) in [5.41, 5.74) is 3.82. The monoisotopic (exact) mass is 241 g/mol.